The molecule has 7 N–H and O–H groups in total. The van der Waals surface area contributed by atoms with Gasteiger partial charge < -0.3 is 31.9 Å². The molecular weight excluding hydrogens is 420 g/mol. The summed E-state index contributed by atoms with van der Waals surface area (Å²) in [7, 11) is 0. The molecule has 0 saturated heterocycles. The number of thiol groups is 2. The van der Waals surface area contributed by atoms with Crippen LogP contribution in [0.4, 0.5) is 0 Å². The summed E-state index contributed by atoms with van der Waals surface area (Å²) in [5.74, 6) is -3.13. The topological polar surface area (TPSA) is 171 Å². The summed E-state index contributed by atoms with van der Waals surface area (Å²) in [5, 5.41) is 26.1. The molecule has 0 aromatic rings. The Hall–Kier alpha value is -1.50. The van der Waals surface area contributed by atoms with Crippen LogP contribution in [0, 0.1) is 5.92 Å². The van der Waals surface area contributed by atoms with Gasteiger partial charge in [-0.05, 0) is 31.4 Å². The van der Waals surface area contributed by atoms with E-state index >= 15 is 0 Å². The zero-order valence-electron chi connectivity index (χ0n) is 16.8. The first-order chi connectivity index (χ1) is 13.4. The van der Waals surface area contributed by atoms with Crippen LogP contribution in [-0.4, -0.2) is 75.7 Å². The average Bonchev–Trinajstić information content (AvgIpc) is 2.62. The third kappa shape index (κ3) is 10.2. The number of carbonyl (C=O) groups is 4. The maximum atomic E-state index is 12.7. The van der Waals surface area contributed by atoms with Crippen molar-refractivity contribution in [3.05, 3.63) is 0 Å². The number of rotatable bonds is 13. The molecule has 3 amide bonds. The molecule has 0 spiro atoms. The van der Waals surface area contributed by atoms with Crippen LogP contribution < -0.4 is 21.7 Å². The Morgan fingerprint density at radius 1 is 0.931 bits per heavy atom. The quantitative estimate of drug-likeness (QED) is 0.158. The van der Waals surface area contributed by atoms with Gasteiger partial charge in [0, 0.05) is 5.75 Å². The lowest BCUT2D eigenvalue weighted by atomic mass is 10.0. The summed E-state index contributed by atoms with van der Waals surface area (Å²) in [6.45, 7) is 4.98. The Morgan fingerprint density at radius 2 is 1.48 bits per heavy atom. The van der Waals surface area contributed by atoms with Crippen molar-refractivity contribution in [1.82, 2.24) is 16.0 Å². The van der Waals surface area contributed by atoms with E-state index < -0.39 is 54.0 Å². The Labute approximate surface area is 181 Å². The second-order valence-electron chi connectivity index (χ2n) is 7.12. The van der Waals surface area contributed by atoms with Gasteiger partial charge in [-0.3, -0.25) is 14.4 Å². The number of nitrogens with two attached hydrogens (primary N) is 1. The van der Waals surface area contributed by atoms with E-state index in [0.29, 0.717) is 12.2 Å². The van der Waals surface area contributed by atoms with Gasteiger partial charge in [0.05, 0.1) is 12.1 Å². The van der Waals surface area contributed by atoms with Crippen molar-refractivity contribution in [1.29, 1.82) is 0 Å². The number of aliphatic hydroxyl groups is 1. The summed E-state index contributed by atoms with van der Waals surface area (Å²) >= 11 is 7.88. The largest absolute Gasteiger partial charge is 0.480 e. The number of hydrogen-bond acceptors (Lipinski definition) is 8. The summed E-state index contributed by atoms with van der Waals surface area (Å²) < 4.78 is 0. The van der Waals surface area contributed by atoms with Gasteiger partial charge in [0.1, 0.15) is 18.1 Å². The highest BCUT2D eigenvalue weighted by Gasteiger charge is 2.32. The first-order valence-corrected chi connectivity index (χ1v) is 10.5. The van der Waals surface area contributed by atoms with Gasteiger partial charge in [0.15, 0.2) is 0 Å². The number of aliphatic carboxylic acids is 1. The third-order valence-corrected chi connectivity index (χ3v) is 4.60. The lowest BCUT2D eigenvalue weighted by Gasteiger charge is -2.27. The number of carboxylic acid groups (broad SMARTS) is 1. The minimum atomic E-state index is -1.41. The van der Waals surface area contributed by atoms with Crippen LogP contribution in [0.5, 0.6) is 0 Å². The lowest BCUT2D eigenvalue weighted by molar-refractivity contribution is -0.142. The first-order valence-electron chi connectivity index (χ1n) is 9.23. The van der Waals surface area contributed by atoms with E-state index in [0.717, 1.165) is 0 Å². The molecule has 0 saturated carbocycles. The standard InChI is InChI=1S/C17H32N4O6S2/c1-8(2)6-11(19-14(23)10(18)4-5-28)15(24)21-13(9(3)22)16(25)20-12(7-29)17(26)27/h8-13,22,28-29H,4-7,18H2,1-3H3,(H,19,23)(H,20,25)(H,21,24)(H,26,27)/t9-,10+,11+,12+,13+/m1/s1. The van der Waals surface area contributed by atoms with Crippen molar-refractivity contribution in [3.63, 3.8) is 0 Å². The van der Waals surface area contributed by atoms with Crippen LogP contribution in [0.1, 0.15) is 33.6 Å². The van der Waals surface area contributed by atoms with Crippen LogP contribution in [0.15, 0.2) is 0 Å². The molecule has 5 atom stereocenters. The molecule has 0 aromatic heterocycles. The summed E-state index contributed by atoms with van der Waals surface area (Å²) in [6, 6.07) is -4.52. The summed E-state index contributed by atoms with van der Waals surface area (Å²) in [4.78, 5) is 48.3. The van der Waals surface area contributed by atoms with Crippen molar-refractivity contribution in [3.8, 4) is 0 Å². The smallest absolute Gasteiger partial charge is 0.327 e. The SMILES string of the molecule is CC(C)C[C@H](NC(=O)[C@@H](N)CCS)C(=O)N[C@H](C(=O)N[C@@H](CS)C(=O)O)[C@@H](C)O. The van der Waals surface area contributed by atoms with Crippen LogP contribution >= 0.6 is 25.3 Å². The normalized spacial score (nSPS) is 16.3. The number of hydrogen-bond donors (Lipinski definition) is 8. The molecule has 12 heteroatoms. The Morgan fingerprint density at radius 3 is 1.90 bits per heavy atom. The van der Waals surface area contributed by atoms with Crippen molar-refractivity contribution in [2.75, 3.05) is 11.5 Å². The van der Waals surface area contributed by atoms with E-state index in [1.54, 1.807) is 0 Å². The van der Waals surface area contributed by atoms with E-state index in [1.807, 2.05) is 13.8 Å². The van der Waals surface area contributed by atoms with Gasteiger partial charge in [-0.25, -0.2) is 4.79 Å². The Bertz CT molecular complexity index is 576. The molecule has 0 radical (unpaired) electrons. The van der Waals surface area contributed by atoms with Gasteiger partial charge in [-0.1, -0.05) is 13.8 Å². The molecule has 0 aliphatic heterocycles. The van der Waals surface area contributed by atoms with Gasteiger partial charge in [0.2, 0.25) is 17.7 Å². The molecule has 0 aromatic carbocycles. The monoisotopic (exact) mass is 452 g/mol. The Balaban J connectivity index is 5.30. The van der Waals surface area contributed by atoms with E-state index in [2.05, 4.69) is 41.2 Å². The molecule has 0 bridgehead atoms. The average molecular weight is 453 g/mol. The number of aliphatic hydroxyl groups excluding tert-OH is 1. The second kappa shape index (κ2) is 13.7. The van der Waals surface area contributed by atoms with E-state index in [9.17, 15) is 24.3 Å². The van der Waals surface area contributed by atoms with Crippen LogP contribution in [0.2, 0.25) is 0 Å². The molecular formula is C17H32N4O6S2. The number of nitrogens with one attached hydrogen (secondary N) is 3. The van der Waals surface area contributed by atoms with Crippen LogP contribution in [0.25, 0.3) is 0 Å². The molecule has 0 heterocycles. The lowest BCUT2D eigenvalue weighted by Crippen LogP contribution is -2.60. The number of carbonyl (C=O) groups excluding carboxylic acids is 3. The molecule has 0 aliphatic rings. The molecule has 0 unspecified atom stereocenters. The highest BCUT2D eigenvalue weighted by molar-refractivity contribution is 7.80. The third-order valence-electron chi connectivity index (χ3n) is 3.98. The number of amides is 3. The molecule has 168 valence electrons. The maximum absolute atomic E-state index is 12.7. The maximum Gasteiger partial charge on any atom is 0.327 e. The molecule has 0 rings (SSSR count). The zero-order valence-corrected chi connectivity index (χ0v) is 18.6. The molecule has 29 heavy (non-hydrogen) atoms. The van der Waals surface area contributed by atoms with Gasteiger partial charge in [0.25, 0.3) is 0 Å². The fourth-order valence-electron chi connectivity index (χ4n) is 2.36. The van der Waals surface area contributed by atoms with E-state index in [-0.39, 0.29) is 18.1 Å². The Kier molecular flexibility index (Phi) is 13.0. The second-order valence-corrected chi connectivity index (χ2v) is 7.93. The van der Waals surface area contributed by atoms with Crippen LogP contribution in [0.3, 0.4) is 0 Å². The van der Waals surface area contributed by atoms with Crippen molar-refractivity contribution in [2.45, 2.75) is 63.9 Å². The molecule has 0 fully saturated rings. The zero-order chi connectivity index (χ0) is 22.7. The van der Waals surface area contributed by atoms with Gasteiger partial charge in [-0.15, -0.1) is 0 Å². The molecule has 0 aliphatic carbocycles. The minimum Gasteiger partial charge on any atom is -0.480 e. The predicted octanol–water partition coefficient (Wildman–Crippen LogP) is -1.47. The minimum absolute atomic E-state index is 0.0338. The fraction of sp³-hybridized carbons (Fsp3) is 0.765. The number of carboxylic acids is 1. The predicted molar refractivity (Wildman–Crippen MR) is 115 cm³/mol. The van der Waals surface area contributed by atoms with Gasteiger partial charge in [-0.2, -0.15) is 25.3 Å². The highest BCUT2D eigenvalue weighted by atomic mass is 32.1. The van der Waals surface area contributed by atoms with Crippen molar-refractivity contribution in [2.24, 2.45) is 11.7 Å². The van der Waals surface area contributed by atoms with Crippen molar-refractivity contribution >= 4 is 48.9 Å². The van der Waals surface area contributed by atoms with E-state index in [4.69, 9.17) is 10.8 Å². The summed E-state index contributed by atoms with van der Waals surface area (Å²) in [5.41, 5.74) is 5.74. The van der Waals surface area contributed by atoms with Gasteiger partial charge >= 0.3 is 5.97 Å². The summed E-state index contributed by atoms with van der Waals surface area (Å²) in [6.07, 6.45) is -0.715. The van der Waals surface area contributed by atoms with Crippen LogP contribution in [-0.2, 0) is 19.2 Å². The first kappa shape index (κ1) is 27.5. The molecule has 10 nitrogen and oxygen atoms in total. The van der Waals surface area contributed by atoms with Crippen molar-refractivity contribution < 1.29 is 29.4 Å². The van der Waals surface area contributed by atoms with E-state index in [1.165, 1.54) is 6.92 Å². The fourth-order valence-corrected chi connectivity index (χ4v) is 2.88. The highest BCUT2D eigenvalue weighted by Crippen LogP contribution is 2.07.